The summed E-state index contributed by atoms with van der Waals surface area (Å²) < 4.78 is 33.7. The van der Waals surface area contributed by atoms with E-state index in [1.165, 1.54) is 7.11 Å². The second-order valence-electron chi connectivity index (χ2n) is 7.08. The molecule has 1 saturated heterocycles. The number of fused-ring (bicyclic) bond motifs is 1. The molecule has 0 atom stereocenters. The maximum absolute atomic E-state index is 13.5. The lowest BCUT2D eigenvalue weighted by molar-refractivity contribution is 0.0115. The zero-order valence-corrected chi connectivity index (χ0v) is 14.8. The molecule has 0 radical (unpaired) electrons. The predicted octanol–water partition coefficient (Wildman–Crippen LogP) is 3.32. The highest BCUT2D eigenvalue weighted by atomic mass is 19.3. The Morgan fingerprint density at radius 3 is 2.76 bits per heavy atom. The molecule has 5 nitrogen and oxygen atoms in total. The van der Waals surface area contributed by atoms with E-state index in [4.69, 9.17) is 4.74 Å². The van der Waals surface area contributed by atoms with E-state index < -0.39 is 11.9 Å². The summed E-state index contributed by atoms with van der Waals surface area (Å²) >= 11 is 0. The lowest BCUT2D eigenvalue weighted by Gasteiger charge is -2.14. The molecule has 1 fully saturated rings. The van der Waals surface area contributed by atoms with Gasteiger partial charge in [0.25, 0.3) is 5.92 Å². The Balaban J connectivity index is 1.96. The van der Waals surface area contributed by atoms with Crippen LogP contribution in [0.25, 0.3) is 11.0 Å². The van der Waals surface area contributed by atoms with Gasteiger partial charge in [0.2, 0.25) is 0 Å². The number of ether oxygens (including phenoxy) is 1. The molecule has 0 spiro atoms. The van der Waals surface area contributed by atoms with E-state index in [9.17, 15) is 13.6 Å². The zero-order chi connectivity index (χ0) is 18.2. The van der Waals surface area contributed by atoms with Crippen molar-refractivity contribution >= 4 is 17.0 Å². The van der Waals surface area contributed by atoms with Gasteiger partial charge in [-0.25, -0.2) is 18.6 Å². The molecule has 3 rings (SSSR count). The van der Waals surface area contributed by atoms with Crippen LogP contribution < -0.4 is 0 Å². The third-order valence-corrected chi connectivity index (χ3v) is 4.40. The standard InChI is InChI=1S/C18H23F2N3O2/c1-12(2)8-23-10-13(9-22-7-6-18(19,20)11-22)14-4-5-15(17(24)25-3)21-16(14)23/h4-5,10,12H,6-9,11H2,1-3H3. The number of hydrogen-bond donors (Lipinski definition) is 0. The molecule has 25 heavy (non-hydrogen) atoms. The number of pyridine rings is 1. The summed E-state index contributed by atoms with van der Waals surface area (Å²) in [6.07, 6.45) is 1.87. The molecule has 0 bridgehead atoms. The van der Waals surface area contributed by atoms with Crippen molar-refractivity contribution in [2.45, 2.75) is 39.3 Å². The highest BCUT2D eigenvalue weighted by Crippen LogP contribution is 2.30. The minimum Gasteiger partial charge on any atom is -0.464 e. The quantitative estimate of drug-likeness (QED) is 0.776. The summed E-state index contributed by atoms with van der Waals surface area (Å²) in [5.74, 6) is -2.70. The number of carbonyl (C=O) groups excluding carboxylic acids is 1. The van der Waals surface area contributed by atoms with Gasteiger partial charge in [0.15, 0.2) is 5.69 Å². The van der Waals surface area contributed by atoms with Gasteiger partial charge >= 0.3 is 5.97 Å². The Bertz CT molecular complexity index is 786. The van der Waals surface area contributed by atoms with Crippen molar-refractivity contribution in [3.05, 3.63) is 29.6 Å². The Hall–Kier alpha value is -2.02. The number of rotatable bonds is 5. The molecule has 0 saturated carbocycles. The molecular weight excluding hydrogens is 328 g/mol. The molecule has 0 aliphatic carbocycles. The Kier molecular flexibility index (Phi) is 4.77. The molecule has 1 aliphatic rings. The summed E-state index contributed by atoms with van der Waals surface area (Å²) in [7, 11) is 1.32. The Morgan fingerprint density at radius 2 is 2.16 bits per heavy atom. The van der Waals surface area contributed by atoms with E-state index in [2.05, 4.69) is 18.8 Å². The first-order valence-corrected chi connectivity index (χ1v) is 8.46. The minimum atomic E-state index is -2.60. The third-order valence-electron chi connectivity index (χ3n) is 4.40. The van der Waals surface area contributed by atoms with Gasteiger partial charge in [0.1, 0.15) is 5.65 Å². The largest absolute Gasteiger partial charge is 0.464 e. The Morgan fingerprint density at radius 1 is 1.40 bits per heavy atom. The summed E-state index contributed by atoms with van der Waals surface area (Å²) in [6.45, 7) is 5.56. The summed E-state index contributed by atoms with van der Waals surface area (Å²) in [6, 6.07) is 3.45. The molecule has 0 aromatic carbocycles. The SMILES string of the molecule is COC(=O)c1ccc2c(CN3CCC(F)(F)C3)cn(CC(C)C)c2n1. The van der Waals surface area contributed by atoms with E-state index in [0.717, 1.165) is 17.5 Å². The smallest absolute Gasteiger partial charge is 0.356 e. The highest BCUT2D eigenvalue weighted by molar-refractivity contribution is 5.91. The van der Waals surface area contributed by atoms with Crippen molar-refractivity contribution in [1.82, 2.24) is 14.5 Å². The van der Waals surface area contributed by atoms with Crippen LogP contribution in [-0.4, -0.2) is 46.5 Å². The number of nitrogens with zero attached hydrogens (tertiary/aromatic N) is 3. The maximum Gasteiger partial charge on any atom is 0.356 e. The fraction of sp³-hybridized carbons (Fsp3) is 0.556. The highest BCUT2D eigenvalue weighted by Gasteiger charge is 2.38. The van der Waals surface area contributed by atoms with Crippen molar-refractivity contribution in [3.63, 3.8) is 0 Å². The summed E-state index contributed by atoms with van der Waals surface area (Å²) in [5.41, 5.74) is 1.90. The molecule has 1 aliphatic heterocycles. The van der Waals surface area contributed by atoms with E-state index in [1.807, 2.05) is 16.8 Å². The van der Waals surface area contributed by atoms with Crippen LogP contribution in [0.1, 0.15) is 36.3 Å². The van der Waals surface area contributed by atoms with Gasteiger partial charge in [-0.15, -0.1) is 0 Å². The number of likely N-dealkylation sites (tertiary alicyclic amines) is 1. The maximum atomic E-state index is 13.5. The molecule has 136 valence electrons. The van der Waals surface area contributed by atoms with Gasteiger partial charge < -0.3 is 9.30 Å². The van der Waals surface area contributed by atoms with Crippen LogP contribution in [0.3, 0.4) is 0 Å². The molecule has 0 unspecified atom stereocenters. The molecule has 0 N–H and O–H groups in total. The Labute approximate surface area is 145 Å². The number of esters is 1. The third kappa shape index (κ3) is 3.81. The summed E-state index contributed by atoms with van der Waals surface area (Å²) in [4.78, 5) is 18.0. The van der Waals surface area contributed by atoms with Crippen LogP contribution in [0.5, 0.6) is 0 Å². The second kappa shape index (κ2) is 6.71. The normalized spacial score (nSPS) is 17.5. The van der Waals surface area contributed by atoms with Gasteiger partial charge in [-0.1, -0.05) is 13.8 Å². The summed E-state index contributed by atoms with van der Waals surface area (Å²) in [5, 5.41) is 0.892. The monoisotopic (exact) mass is 351 g/mol. The van der Waals surface area contributed by atoms with Crippen LogP contribution in [0.4, 0.5) is 8.78 Å². The average Bonchev–Trinajstić information content (AvgIpc) is 3.06. The van der Waals surface area contributed by atoms with E-state index >= 15 is 0 Å². The number of alkyl halides is 2. The fourth-order valence-corrected chi connectivity index (χ4v) is 3.30. The van der Waals surface area contributed by atoms with Gasteiger partial charge in [-0.05, 0) is 23.6 Å². The number of halogens is 2. The topological polar surface area (TPSA) is 47.4 Å². The molecule has 7 heteroatoms. The lowest BCUT2D eigenvalue weighted by Crippen LogP contribution is -2.24. The average molecular weight is 351 g/mol. The van der Waals surface area contributed by atoms with E-state index in [-0.39, 0.29) is 18.7 Å². The van der Waals surface area contributed by atoms with Gasteiger partial charge in [-0.2, -0.15) is 0 Å². The molecular formula is C18H23F2N3O2. The van der Waals surface area contributed by atoms with Crippen LogP contribution >= 0.6 is 0 Å². The van der Waals surface area contributed by atoms with Crippen molar-refractivity contribution in [2.24, 2.45) is 5.92 Å². The van der Waals surface area contributed by atoms with E-state index in [0.29, 0.717) is 24.7 Å². The molecule has 0 amide bonds. The lowest BCUT2D eigenvalue weighted by atomic mass is 10.2. The number of aromatic nitrogens is 2. The van der Waals surface area contributed by atoms with Gasteiger partial charge in [0, 0.05) is 37.6 Å². The van der Waals surface area contributed by atoms with E-state index in [1.54, 1.807) is 11.0 Å². The molecule has 2 aromatic rings. The van der Waals surface area contributed by atoms with Gasteiger partial charge in [0.05, 0.1) is 13.7 Å². The first-order valence-electron chi connectivity index (χ1n) is 8.46. The zero-order valence-electron chi connectivity index (χ0n) is 14.8. The molecule has 2 aromatic heterocycles. The van der Waals surface area contributed by atoms with Crippen molar-refractivity contribution in [1.29, 1.82) is 0 Å². The van der Waals surface area contributed by atoms with Crippen LogP contribution in [0.2, 0.25) is 0 Å². The van der Waals surface area contributed by atoms with Crippen molar-refractivity contribution in [2.75, 3.05) is 20.2 Å². The number of methoxy groups -OCH3 is 1. The van der Waals surface area contributed by atoms with Crippen LogP contribution in [-0.2, 0) is 17.8 Å². The van der Waals surface area contributed by atoms with Crippen molar-refractivity contribution < 1.29 is 18.3 Å². The fourth-order valence-electron chi connectivity index (χ4n) is 3.30. The number of hydrogen-bond acceptors (Lipinski definition) is 4. The van der Waals surface area contributed by atoms with Crippen LogP contribution in [0.15, 0.2) is 18.3 Å². The minimum absolute atomic E-state index is 0.0949. The van der Waals surface area contributed by atoms with Crippen LogP contribution in [0, 0.1) is 5.92 Å². The first kappa shape index (κ1) is 17.8. The molecule has 3 heterocycles. The predicted molar refractivity (Wildman–Crippen MR) is 90.8 cm³/mol. The first-order chi connectivity index (χ1) is 11.8. The van der Waals surface area contributed by atoms with Crippen molar-refractivity contribution in [3.8, 4) is 0 Å². The van der Waals surface area contributed by atoms with Gasteiger partial charge in [-0.3, -0.25) is 4.90 Å². The number of carbonyl (C=O) groups is 1. The second-order valence-corrected chi connectivity index (χ2v) is 7.08.